The molecule has 3 aromatic rings. The number of hydrogen-bond donors (Lipinski definition) is 0. The second-order valence-corrected chi connectivity index (χ2v) is 10.9. The number of amidine groups is 1. The van der Waals surface area contributed by atoms with Crippen LogP contribution in [0, 0.1) is 6.92 Å². The minimum absolute atomic E-state index is 0.150. The summed E-state index contributed by atoms with van der Waals surface area (Å²) in [5.41, 5.74) is 4.31. The van der Waals surface area contributed by atoms with Crippen molar-refractivity contribution < 1.29 is 13.2 Å². The number of fused-ring (bicyclic) bond motifs is 3. The first kappa shape index (κ1) is 23.6. The van der Waals surface area contributed by atoms with Crippen molar-refractivity contribution in [2.75, 3.05) is 31.6 Å². The number of aryl methyl sites for hydroxylation is 1. The highest BCUT2D eigenvalue weighted by Crippen LogP contribution is 2.46. The molecule has 1 fully saturated rings. The van der Waals surface area contributed by atoms with Gasteiger partial charge in [-0.15, -0.1) is 4.40 Å². The van der Waals surface area contributed by atoms with E-state index in [1.807, 2.05) is 37.3 Å². The van der Waals surface area contributed by atoms with Crippen LogP contribution in [0.15, 0.2) is 82.1 Å². The van der Waals surface area contributed by atoms with Crippen LogP contribution in [0.4, 0.5) is 5.69 Å². The first-order chi connectivity index (χ1) is 16.9. The summed E-state index contributed by atoms with van der Waals surface area (Å²) in [6.07, 6.45) is 0.934. The molecule has 1 saturated heterocycles. The molecule has 0 bridgehead atoms. The predicted molar refractivity (Wildman–Crippen MR) is 140 cm³/mol. The van der Waals surface area contributed by atoms with E-state index in [4.69, 9.17) is 4.74 Å². The summed E-state index contributed by atoms with van der Waals surface area (Å²) in [6.45, 7) is 6.41. The zero-order valence-corrected chi connectivity index (χ0v) is 21.2. The summed E-state index contributed by atoms with van der Waals surface area (Å²) < 4.78 is 37.1. The third-order valence-electron chi connectivity index (χ3n) is 6.85. The number of piperidine rings is 1. The highest BCUT2D eigenvalue weighted by atomic mass is 32.2. The lowest BCUT2D eigenvalue weighted by Crippen LogP contribution is -2.47. The van der Waals surface area contributed by atoms with Crippen molar-refractivity contribution in [2.24, 2.45) is 4.40 Å². The number of rotatable bonds is 5. The van der Waals surface area contributed by atoms with Crippen molar-refractivity contribution in [2.45, 2.75) is 37.1 Å². The van der Waals surface area contributed by atoms with E-state index in [1.54, 1.807) is 24.3 Å². The van der Waals surface area contributed by atoms with E-state index in [0.717, 1.165) is 30.8 Å². The molecule has 2 unspecified atom stereocenters. The lowest BCUT2D eigenvalue weighted by atomic mass is 9.88. The van der Waals surface area contributed by atoms with Gasteiger partial charge in [0.1, 0.15) is 5.75 Å². The minimum atomic E-state index is -3.96. The number of hydrogen-bond acceptors (Lipinski definition) is 4. The van der Waals surface area contributed by atoms with Gasteiger partial charge in [0.05, 0.1) is 11.5 Å². The molecule has 0 spiro atoms. The number of benzene rings is 3. The first-order valence-electron chi connectivity index (χ1n) is 12.1. The highest BCUT2D eigenvalue weighted by molar-refractivity contribution is 7.90. The topological polar surface area (TPSA) is 62.2 Å². The van der Waals surface area contributed by atoms with Crippen molar-refractivity contribution in [3.05, 3.63) is 89.5 Å². The molecule has 182 valence electrons. The Labute approximate surface area is 207 Å². The van der Waals surface area contributed by atoms with Crippen LogP contribution in [0.1, 0.15) is 36.0 Å². The quantitative estimate of drug-likeness (QED) is 0.379. The number of likely N-dealkylation sites (tertiary alicyclic amines) is 1. The lowest BCUT2D eigenvalue weighted by molar-refractivity contribution is 0.237. The molecule has 6 nitrogen and oxygen atoms in total. The Kier molecular flexibility index (Phi) is 6.38. The Morgan fingerprint density at radius 1 is 1.06 bits per heavy atom. The average molecular weight is 490 g/mol. The van der Waals surface area contributed by atoms with E-state index in [1.165, 1.54) is 11.1 Å². The Morgan fingerprint density at radius 2 is 1.80 bits per heavy atom. The third kappa shape index (κ3) is 4.58. The van der Waals surface area contributed by atoms with Gasteiger partial charge in [-0.2, -0.15) is 8.42 Å². The Morgan fingerprint density at radius 3 is 2.51 bits per heavy atom. The van der Waals surface area contributed by atoms with Crippen LogP contribution >= 0.6 is 0 Å². The van der Waals surface area contributed by atoms with E-state index in [9.17, 15) is 8.42 Å². The Bertz CT molecular complexity index is 1340. The molecule has 2 atom stereocenters. The van der Waals surface area contributed by atoms with Crippen molar-refractivity contribution in [1.82, 2.24) is 4.90 Å². The maximum atomic E-state index is 13.6. The van der Waals surface area contributed by atoms with Crippen LogP contribution in [0.25, 0.3) is 0 Å². The largest absolute Gasteiger partial charge is 0.494 e. The summed E-state index contributed by atoms with van der Waals surface area (Å²) in [6, 6.07) is 22.7. The maximum absolute atomic E-state index is 13.6. The van der Waals surface area contributed by atoms with Gasteiger partial charge in [-0.05, 0) is 69.8 Å². The summed E-state index contributed by atoms with van der Waals surface area (Å²) >= 11 is 0. The van der Waals surface area contributed by atoms with Crippen LogP contribution in [0.5, 0.6) is 5.75 Å². The molecule has 0 amide bonds. The molecule has 0 N–H and O–H groups in total. The number of sulfonamides is 1. The van der Waals surface area contributed by atoms with Gasteiger partial charge in [-0.3, -0.25) is 0 Å². The molecule has 2 heterocycles. The SMILES string of the molecule is CCOc1ccc(S(=O)(=O)N=C(c2ccccc2)N2c3ccc(C)cc3C3CN(C)CCC32)cc1. The Balaban J connectivity index is 1.65. The van der Waals surface area contributed by atoms with E-state index in [2.05, 4.69) is 46.4 Å². The number of ether oxygens (including phenoxy) is 1. The molecular weight excluding hydrogens is 458 g/mol. The van der Waals surface area contributed by atoms with Crippen molar-refractivity contribution in [1.29, 1.82) is 0 Å². The molecule has 0 aliphatic carbocycles. The minimum Gasteiger partial charge on any atom is -0.494 e. The first-order valence-corrected chi connectivity index (χ1v) is 13.5. The molecule has 0 radical (unpaired) electrons. The summed E-state index contributed by atoms with van der Waals surface area (Å²) in [5.74, 6) is 1.41. The fraction of sp³-hybridized carbons (Fsp3) is 0.321. The van der Waals surface area contributed by atoms with Crippen LogP contribution in [-0.2, 0) is 10.0 Å². The van der Waals surface area contributed by atoms with Gasteiger partial charge in [0.15, 0.2) is 5.84 Å². The maximum Gasteiger partial charge on any atom is 0.284 e. The van der Waals surface area contributed by atoms with Gasteiger partial charge < -0.3 is 14.5 Å². The molecule has 3 aromatic carbocycles. The molecule has 35 heavy (non-hydrogen) atoms. The summed E-state index contributed by atoms with van der Waals surface area (Å²) in [5, 5.41) is 0. The summed E-state index contributed by atoms with van der Waals surface area (Å²) in [7, 11) is -1.81. The standard InChI is InChI=1S/C28H31N3O3S/c1-4-34-22-11-13-23(14-12-22)35(32,33)29-28(21-8-6-5-7-9-21)31-26-15-10-20(2)18-24(26)25-19-30(3)17-16-27(25)31/h5-15,18,25,27H,4,16-17,19H2,1-3H3. The average Bonchev–Trinajstić information content (AvgIpc) is 3.16. The predicted octanol–water partition coefficient (Wildman–Crippen LogP) is 4.84. The zero-order chi connectivity index (χ0) is 24.6. The smallest absolute Gasteiger partial charge is 0.284 e. The van der Waals surface area contributed by atoms with Gasteiger partial charge in [0, 0.05) is 29.8 Å². The van der Waals surface area contributed by atoms with Crippen molar-refractivity contribution >= 4 is 21.5 Å². The fourth-order valence-corrected chi connectivity index (χ4v) is 6.23. The van der Waals surface area contributed by atoms with Gasteiger partial charge >= 0.3 is 0 Å². The normalized spacial score (nSPS) is 20.4. The molecule has 0 saturated carbocycles. The molecule has 5 rings (SSSR count). The number of likely N-dealkylation sites (N-methyl/N-ethyl adjacent to an activating group) is 1. The Hall–Kier alpha value is -3.16. The van der Waals surface area contributed by atoms with E-state index in [0.29, 0.717) is 24.1 Å². The van der Waals surface area contributed by atoms with Gasteiger partial charge in [0.25, 0.3) is 10.0 Å². The van der Waals surface area contributed by atoms with E-state index in [-0.39, 0.29) is 10.9 Å². The van der Waals surface area contributed by atoms with Crippen LogP contribution in [0.2, 0.25) is 0 Å². The monoisotopic (exact) mass is 489 g/mol. The lowest BCUT2D eigenvalue weighted by Gasteiger charge is -2.37. The molecule has 2 aliphatic heterocycles. The van der Waals surface area contributed by atoms with Crippen LogP contribution in [-0.4, -0.2) is 51.9 Å². The summed E-state index contributed by atoms with van der Waals surface area (Å²) in [4.78, 5) is 4.68. The van der Waals surface area contributed by atoms with Gasteiger partial charge in [0.2, 0.25) is 0 Å². The number of anilines is 1. The molecule has 2 aliphatic rings. The third-order valence-corrected chi connectivity index (χ3v) is 8.13. The van der Waals surface area contributed by atoms with Gasteiger partial charge in [-0.25, -0.2) is 0 Å². The molecule has 0 aromatic heterocycles. The fourth-order valence-electron chi connectivity index (χ4n) is 5.22. The van der Waals surface area contributed by atoms with E-state index < -0.39 is 10.0 Å². The van der Waals surface area contributed by atoms with Crippen molar-refractivity contribution in [3.63, 3.8) is 0 Å². The van der Waals surface area contributed by atoms with Gasteiger partial charge in [-0.1, -0.05) is 48.0 Å². The molecular formula is C28H31N3O3S. The van der Waals surface area contributed by atoms with Crippen molar-refractivity contribution in [3.8, 4) is 5.75 Å². The molecule has 7 heteroatoms. The second-order valence-electron chi connectivity index (χ2n) is 9.32. The second kappa shape index (κ2) is 9.47. The number of nitrogens with zero attached hydrogens (tertiary/aromatic N) is 3. The highest BCUT2D eigenvalue weighted by Gasteiger charge is 2.43. The van der Waals surface area contributed by atoms with Crippen LogP contribution in [0.3, 0.4) is 0 Å². The van der Waals surface area contributed by atoms with E-state index >= 15 is 0 Å². The van der Waals surface area contributed by atoms with Crippen LogP contribution < -0.4 is 9.64 Å². The zero-order valence-electron chi connectivity index (χ0n) is 20.4.